The van der Waals surface area contributed by atoms with Gasteiger partial charge in [0.05, 0.1) is 11.3 Å². The van der Waals surface area contributed by atoms with Crippen LogP contribution in [-0.2, 0) is 12.1 Å². The van der Waals surface area contributed by atoms with Crippen LogP contribution in [-0.4, -0.2) is 35.6 Å². The molecule has 16 heteroatoms. The van der Waals surface area contributed by atoms with Crippen LogP contribution in [0.5, 0.6) is 5.75 Å². The van der Waals surface area contributed by atoms with Crippen molar-refractivity contribution in [3.05, 3.63) is 87.4 Å². The first-order valence-electron chi connectivity index (χ1n) is 10.6. The summed E-state index contributed by atoms with van der Waals surface area (Å²) in [5, 5.41) is 2.20. The lowest BCUT2D eigenvalue weighted by Gasteiger charge is -2.31. The van der Waals surface area contributed by atoms with Gasteiger partial charge in [-0.05, 0) is 36.4 Å². The molecule has 0 saturated heterocycles. The third kappa shape index (κ3) is 6.21. The molecule has 5 nitrogen and oxygen atoms in total. The van der Waals surface area contributed by atoms with Gasteiger partial charge in [0.15, 0.2) is 11.6 Å². The fourth-order valence-corrected chi connectivity index (χ4v) is 4.05. The summed E-state index contributed by atoms with van der Waals surface area (Å²) in [5.41, 5.74) is -10.0. The molecule has 0 aliphatic carbocycles. The van der Waals surface area contributed by atoms with Gasteiger partial charge in [-0.2, -0.15) is 35.1 Å². The van der Waals surface area contributed by atoms with E-state index in [1.807, 2.05) is 0 Å². The van der Waals surface area contributed by atoms with E-state index >= 15 is 4.39 Å². The average molecular weight is 647 g/mol. The highest BCUT2D eigenvalue weighted by molar-refractivity contribution is 9.10. The van der Waals surface area contributed by atoms with Gasteiger partial charge in [-0.3, -0.25) is 14.6 Å². The van der Waals surface area contributed by atoms with Gasteiger partial charge >= 0.3 is 24.6 Å². The molecular formula is C24H13BrF10N2O3. The first kappa shape index (κ1) is 30.8. The van der Waals surface area contributed by atoms with E-state index in [1.165, 1.54) is 24.5 Å². The van der Waals surface area contributed by atoms with Crippen molar-refractivity contribution in [3.63, 3.8) is 0 Å². The fraction of sp³-hybridized carbons (Fsp3) is 0.208. The Kier molecular flexibility index (Phi) is 8.81. The highest BCUT2D eigenvalue weighted by atomic mass is 79.9. The molecule has 0 aliphatic heterocycles. The molecule has 0 saturated carbocycles. The monoisotopic (exact) mass is 646 g/mol. The molecular weight excluding hydrogens is 634 g/mol. The van der Waals surface area contributed by atoms with Crippen molar-refractivity contribution in [2.45, 2.75) is 31.1 Å². The third-order valence-electron chi connectivity index (χ3n) is 5.38. The number of carbonyl (C=O) groups is 2. The molecule has 0 spiro atoms. The molecule has 0 atom stereocenters. The molecule has 3 aromatic rings. The molecule has 0 bridgehead atoms. The highest BCUT2D eigenvalue weighted by Gasteiger charge is 2.73. The number of ketones is 1. The van der Waals surface area contributed by atoms with Crippen molar-refractivity contribution in [1.82, 2.24) is 4.98 Å². The van der Waals surface area contributed by atoms with Crippen molar-refractivity contribution < 1.29 is 58.2 Å². The first-order chi connectivity index (χ1) is 18.5. The molecule has 3 rings (SSSR count). The Labute approximate surface area is 226 Å². The van der Waals surface area contributed by atoms with Crippen molar-refractivity contribution >= 4 is 33.3 Å². The van der Waals surface area contributed by atoms with Crippen molar-refractivity contribution in [2.75, 3.05) is 5.32 Å². The van der Waals surface area contributed by atoms with E-state index in [0.717, 1.165) is 18.2 Å². The quantitative estimate of drug-likeness (QED) is 0.203. The topological polar surface area (TPSA) is 68.3 Å². The smallest absolute Gasteiger partial charge is 0.434 e. The van der Waals surface area contributed by atoms with Crippen LogP contribution >= 0.6 is 15.9 Å². The van der Waals surface area contributed by atoms with Crippen molar-refractivity contribution in [1.29, 1.82) is 0 Å². The molecule has 1 aromatic heterocycles. The number of nitrogens with zero attached hydrogens (tertiary/aromatic N) is 1. The minimum absolute atomic E-state index is 0.00361. The maximum absolute atomic E-state index is 15.1. The van der Waals surface area contributed by atoms with Crippen LogP contribution in [0.1, 0.15) is 31.8 Å². The number of pyridine rings is 1. The summed E-state index contributed by atoms with van der Waals surface area (Å²) in [5.74, 6) is -4.68. The standard InChI is InChI=1S/C24H13BrF10N2O3/c25-15-8-12(22(29,23(30,31)32)24(33,34)35)9-18(40-21(27)28)14(15)10-17(38)13-2-1-3-16(19(13)26)37-20(39)11-4-6-36-7-5-11/h1-9,21H,10H2,(H,37,39). The van der Waals surface area contributed by atoms with Crippen LogP contribution in [0, 0.1) is 5.82 Å². The lowest BCUT2D eigenvalue weighted by Crippen LogP contribution is -2.50. The normalized spacial score (nSPS) is 12.4. The summed E-state index contributed by atoms with van der Waals surface area (Å²) in [7, 11) is 0. The number of amides is 1. The second kappa shape index (κ2) is 11.4. The number of ether oxygens (including phenoxy) is 1. The molecule has 0 fully saturated rings. The number of rotatable bonds is 8. The Hall–Kier alpha value is -3.69. The Morgan fingerprint density at radius 1 is 0.950 bits per heavy atom. The van der Waals surface area contributed by atoms with Crippen molar-refractivity contribution in [2.24, 2.45) is 0 Å². The van der Waals surface area contributed by atoms with Crippen LogP contribution in [0.4, 0.5) is 49.6 Å². The zero-order chi connectivity index (χ0) is 30.0. The summed E-state index contributed by atoms with van der Waals surface area (Å²) in [6.07, 6.45) is -11.7. The number of alkyl halides is 9. The minimum Gasteiger partial charge on any atom is -0.434 e. The molecule has 214 valence electrons. The zero-order valence-corrected chi connectivity index (χ0v) is 20.9. The van der Waals surface area contributed by atoms with E-state index < -0.39 is 81.2 Å². The number of aromatic nitrogens is 1. The molecule has 1 heterocycles. The van der Waals surface area contributed by atoms with Crippen LogP contribution in [0.2, 0.25) is 0 Å². The lowest BCUT2D eigenvalue weighted by atomic mass is 9.91. The van der Waals surface area contributed by atoms with E-state index in [2.05, 4.69) is 31.0 Å². The summed E-state index contributed by atoms with van der Waals surface area (Å²) in [6.45, 7) is -3.81. The van der Waals surface area contributed by atoms with E-state index in [-0.39, 0.29) is 17.7 Å². The maximum atomic E-state index is 15.1. The van der Waals surface area contributed by atoms with E-state index in [0.29, 0.717) is 0 Å². The van der Waals surface area contributed by atoms with Gasteiger partial charge in [0.25, 0.3) is 5.91 Å². The Balaban J connectivity index is 2.02. The van der Waals surface area contributed by atoms with Crippen LogP contribution < -0.4 is 10.1 Å². The summed E-state index contributed by atoms with van der Waals surface area (Å²) >= 11 is 2.57. The van der Waals surface area contributed by atoms with Gasteiger partial charge in [0.1, 0.15) is 5.75 Å². The fourth-order valence-electron chi connectivity index (χ4n) is 3.47. The van der Waals surface area contributed by atoms with E-state index in [9.17, 15) is 49.1 Å². The molecule has 1 N–H and O–H groups in total. The predicted octanol–water partition coefficient (Wildman–Crippen LogP) is 7.55. The third-order valence-corrected chi connectivity index (χ3v) is 6.08. The number of carbonyl (C=O) groups excluding carboxylic acids is 2. The largest absolute Gasteiger partial charge is 0.435 e. The molecule has 40 heavy (non-hydrogen) atoms. The Bertz CT molecular complexity index is 1400. The molecule has 2 aromatic carbocycles. The molecule has 1 amide bonds. The summed E-state index contributed by atoms with van der Waals surface area (Å²) in [4.78, 5) is 28.9. The van der Waals surface area contributed by atoms with Crippen LogP contribution in [0.25, 0.3) is 0 Å². The molecule has 0 radical (unpaired) electrons. The lowest BCUT2D eigenvalue weighted by molar-refractivity contribution is -0.348. The van der Waals surface area contributed by atoms with E-state index in [1.54, 1.807) is 0 Å². The number of hydrogen-bond acceptors (Lipinski definition) is 4. The second-order valence-corrected chi connectivity index (χ2v) is 8.78. The predicted molar refractivity (Wildman–Crippen MR) is 122 cm³/mol. The van der Waals surface area contributed by atoms with Gasteiger partial charge in [0.2, 0.25) is 0 Å². The Morgan fingerprint density at radius 3 is 2.10 bits per heavy atom. The molecule has 0 unspecified atom stereocenters. The number of hydrogen-bond donors (Lipinski definition) is 1. The zero-order valence-electron chi connectivity index (χ0n) is 19.3. The first-order valence-corrected chi connectivity index (χ1v) is 11.4. The van der Waals surface area contributed by atoms with Gasteiger partial charge in [0, 0.05) is 40.0 Å². The Morgan fingerprint density at radius 2 is 1.55 bits per heavy atom. The summed E-state index contributed by atoms with van der Waals surface area (Å²) < 4.78 is 138. The van der Waals surface area contributed by atoms with Crippen molar-refractivity contribution in [3.8, 4) is 5.75 Å². The number of halogens is 11. The number of anilines is 1. The number of Topliss-reactive ketones (excluding diaryl/α,β-unsaturated/α-hetero) is 1. The van der Waals surface area contributed by atoms with Gasteiger partial charge < -0.3 is 10.1 Å². The van der Waals surface area contributed by atoms with Gasteiger partial charge in [-0.1, -0.05) is 22.0 Å². The molecule has 0 aliphatic rings. The number of benzene rings is 2. The SMILES string of the molecule is O=C(Nc1cccc(C(=O)Cc2c(Br)cc(C(F)(C(F)(F)F)C(F)(F)F)cc2OC(F)F)c1F)c1ccncc1. The maximum Gasteiger partial charge on any atom is 0.435 e. The van der Waals surface area contributed by atoms with Crippen LogP contribution in [0.15, 0.2) is 59.3 Å². The van der Waals surface area contributed by atoms with Crippen LogP contribution in [0.3, 0.4) is 0 Å². The minimum atomic E-state index is -6.56. The summed E-state index contributed by atoms with van der Waals surface area (Å²) in [6, 6.07) is 5.49. The number of nitrogens with one attached hydrogen (secondary N) is 1. The second-order valence-electron chi connectivity index (χ2n) is 7.92. The van der Waals surface area contributed by atoms with Gasteiger partial charge in [-0.25, -0.2) is 8.78 Å². The highest BCUT2D eigenvalue weighted by Crippen LogP contribution is 2.54. The van der Waals surface area contributed by atoms with E-state index in [4.69, 9.17) is 0 Å². The average Bonchev–Trinajstić information content (AvgIpc) is 2.85. The van der Waals surface area contributed by atoms with Gasteiger partial charge in [-0.15, -0.1) is 0 Å².